The Morgan fingerprint density at radius 2 is 2.00 bits per heavy atom. The fourth-order valence-corrected chi connectivity index (χ4v) is 2.39. The zero-order chi connectivity index (χ0) is 15.5. The molecule has 1 N–H and O–H groups in total. The largest absolute Gasteiger partial charge is 0.334 e. The molecule has 0 atom stereocenters. The number of nitrogens with one attached hydrogen (secondary N) is 1. The van der Waals surface area contributed by atoms with Crippen LogP contribution >= 0.6 is 0 Å². The molecule has 4 nitrogen and oxygen atoms in total. The highest BCUT2D eigenvalue weighted by molar-refractivity contribution is 6.06. The third-order valence-electron chi connectivity index (χ3n) is 3.86. The number of nitriles is 1. The number of aromatic nitrogens is 1. The maximum atomic E-state index is 12.6. The van der Waals surface area contributed by atoms with Crippen LogP contribution in [0.5, 0.6) is 0 Å². The molecule has 1 aromatic carbocycles. The molecular formula is C17H19N3O. The first-order chi connectivity index (χ1) is 10.0. The van der Waals surface area contributed by atoms with Gasteiger partial charge in [-0.2, -0.15) is 5.26 Å². The molecule has 108 valence electrons. The molecule has 21 heavy (non-hydrogen) atoms. The second-order valence-electron chi connectivity index (χ2n) is 5.18. The van der Waals surface area contributed by atoms with Crippen LogP contribution in [0.15, 0.2) is 30.3 Å². The Bertz CT molecular complexity index is 712. The molecule has 1 heterocycles. The SMILES string of the molecule is CCC(C#N)(CC)NC(=O)c1cc(C)nc2ccccc12. The minimum absolute atomic E-state index is 0.220. The Morgan fingerprint density at radius 1 is 1.33 bits per heavy atom. The summed E-state index contributed by atoms with van der Waals surface area (Å²) in [6.45, 7) is 5.67. The predicted molar refractivity (Wildman–Crippen MR) is 82.9 cm³/mol. The maximum absolute atomic E-state index is 12.6. The number of carbonyl (C=O) groups is 1. The summed E-state index contributed by atoms with van der Waals surface area (Å²) >= 11 is 0. The van der Waals surface area contributed by atoms with Crippen LogP contribution in [0.1, 0.15) is 42.7 Å². The molecule has 1 aromatic heterocycles. The van der Waals surface area contributed by atoms with Crippen molar-refractivity contribution in [2.45, 2.75) is 39.2 Å². The van der Waals surface area contributed by atoms with E-state index in [1.807, 2.05) is 45.0 Å². The van der Waals surface area contributed by atoms with E-state index in [2.05, 4.69) is 16.4 Å². The Balaban J connectivity index is 2.47. The quantitative estimate of drug-likeness (QED) is 0.934. The highest BCUT2D eigenvalue weighted by atomic mass is 16.1. The first-order valence-corrected chi connectivity index (χ1v) is 7.15. The Labute approximate surface area is 124 Å². The van der Waals surface area contributed by atoms with E-state index in [4.69, 9.17) is 0 Å². The smallest absolute Gasteiger partial charge is 0.253 e. The van der Waals surface area contributed by atoms with Crippen molar-refractivity contribution in [2.75, 3.05) is 0 Å². The molecule has 0 aliphatic carbocycles. The van der Waals surface area contributed by atoms with Gasteiger partial charge in [-0.05, 0) is 31.9 Å². The van der Waals surface area contributed by atoms with Gasteiger partial charge in [0.2, 0.25) is 0 Å². The lowest BCUT2D eigenvalue weighted by atomic mass is 9.94. The highest BCUT2D eigenvalue weighted by Gasteiger charge is 2.28. The van der Waals surface area contributed by atoms with Crippen LogP contribution in [0.3, 0.4) is 0 Å². The maximum Gasteiger partial charge on any atom is 0.253 e. The molecule has 0 fully saturated rings. The highest BCUT2D eigenvalue weighted by Crippen LogP contribution is 2.20. The fraction of sp³-hybridized carbons (Fsp3) is 0.353. The predicted octanol–water partition coefficient (Wildman–Crippen LogP) is 3.36. The Hall–Kier alpha value is -2.41. The van der Waals surface area contributed by atoms with E-state index in [0.29, 0.717) is 18.4 Å². The van der Waals surface area contributed by atoms with E-state index in [-0.39, 0.29) is 5.91 Å². The molecule has 0 aliphatic heterocycles. The molecule has 0 saturated carbocycles. The zero-order valence-electron chi connectivity index (χ0n) is 12.6. The van der Waals surface area contributed by atoms with Crippen LogP contribution in [0.2, 0.25) is 0 Å². The summed E-state index contributed by atoms with van der Waals surface area (Å²) in [5, 5.41) is 13.1. The van der Waals surface area contributed by atoms with Crippen molar-refractivity contribution in [3.8, 4) is 6.07 Å². The van der Waals surface area contributed by atoms with Gasteiger partial charge in [0.15, 0.2) is 0 Å². The number of nitrogens with zero attached hydrogens (tertiary/aromatic N) is 2. The Morgan fingerprint density at radius 3 is 2.62 bits per heavy atom. The lowest BCUT2D eigenvalue weighted by Gasteiger charge is -2.25. The second kappa shape index (κ2) is 5.92. The van der Waals surface area contributed by atoms with Crippen molar-refractivity contribution >= 4 is 16.8 Å². The van der Waals surface area contributed by atoms with Gasteiger partial charge >= 0.3 is 0 Å². The minimum Gasteiger partial charge on any atom is -0.334 e. The van der Waals surface area contributed by atoms with Crippen molar-refractivity contribution in [1.82, 2.24) is 10.3 Å². The lowest BCUT2D eigenvalue weighted by molar-refractivity contribution is 0.0917. The molecule has 1 amide bonds. The standard InChI is InChI=1S/C17H19N3O/c1-4-17(5-2,11-18)20-16(21)14-10-12(3)19-15-9-7-6-8-13(14)15/h6-10H,4-5H2,1-3H3,(H,20,21). The van der Waals surface area contributed by atoms with Gasteiger partial charge < -0.3 is 5.32 Å². The summed E-state index contributed by atoms with van der Waals surface area (Å²) in [5.41, 5.74) is 1.34. The van der Waals surface area contributed by atoms with Gasteiger partial charge in [-0.25, -0.2) is 0 Å². The summed E-state index contributed by atoms with van der Waals surface area (Å²) in [4.78, 5) is 17.0. The van der Waals surface area contributed by atoms with Crippen molar-refractivity contribution < 1.29 is 4.79 Å². The van der Waals surface area contributed by atoms with E-state index in [0.717, 1.165) is 16.6 Å². The number of rotatable bonds is 4. The monoisotopic (exact) mass is 281 g/mol. The molecule has 2 rings (SSSR count). The molecule has 0 aliphatic rings. The van der Waals surface area contributed by atoms with Crippen LogP contribution < -0.4 is 5.32 Å². The number of aryl methyl sites for hydroxylation is 1. The van der Waals surface area contributed by atoms with Crippen molar-refractivity contribution in [3.05, 3.63) is 41.6 Å². The minimum atomic E-state index is -0.810. The topological polar surface area (TPSA) is 65.8 Å². The average Bonchev–Trinajstić information content (AvgIpc) is 2.51. The molecule has 4 heteroatoms. The third kappa shape index (κ3) is 2.87. The van der Waals surface area contributed by atoms with Gasteiger partial charge in [0.05, 0.1) is 17.1 Å². The summed E-state index contributed by atoms with van der Waals surface area (Å²) in [7, 11) is 0. The van der Waals surface area contributed by atoms with Crippen molar-refractivity contribution in [3.63, 3.8) is 0 Å². The van der Waals surface area contributed by atoms with E-state index < -0.39 is 5.54 Å². The Kier molecular flexibility index (Phi) is 4.23. The molecule has 0 bridgehead atoms. The molecule has 0 unspecified atom stereocenters. The number of carbonyl (C=O) groups excluding carboxylic acids is 1. The summed E-state index contributed by atoms with van der Waals surface area (Å²) in [5.74, 6) is -0.220. The van der Waals surface area contributed by atoms with E-state index in [1.54, 1.807) is 6.07 Å². The molecule has 2 aromatic rings. The van der Waals surface area contributed by atoms with Crippen LogP contribution in [0, 0.1) is 18.3 Å². The number of hydrogen-bond acceptors (Lipinski definition) is 3. The second-order valence-corrected chi connectivity index (χ2v) is 5.18. The van der Waals surface area contributed by atoms with E-state index >= 15 is 0 Å². The normalized spacial score (nSPS) is 11.1. The van der Waals surface area contributed by atoms with Crippen LogP contribution in [0.25, 0.3) is 10.9 Å². The molecular weight excluding hydrogens is 262 g/mol. The summed E-state index contributed by atoms with van der Waals surface area (Å²) in [6.07, 6.45) is 1.15. The number of amides is 1. The van der Waals surface area contributed by atoms with Crippen LogP contribution in [-0.2, 0) is 0 Å². The summed E-state index contributed by atoms with van der Waals surface area (Å²) < 4.78 is 0. The van der Waals surface area contributed by atoms with Crippen LogP contribution in [-0.4, -0.2) is 16.4 Å². The fourth-order valence-electron chi connectivity index (χ4n) is 2.39. The number of pyridine rings is 1. The van der Waals surface area contributed by atoms with Gasteiger partial charge in [-0.3, -0.25) is 9.78 Å². The van der Waals surface area contributed by atoms with Gasteiger partial charge in [-0.1, -0.05) is 32.0 Å². The lowest BCUT2D eigenvalue weighted by Crippen LogP contribution is -2.46. The number of para-hydroxylation sites is 1. The van der Waals surface area contributed by atoms with Gasteiger partial charge in [0, 0.05) is 11.1 Å². The van der Waals surface area contributed by atoms with Gasteiger partial charge in [0.25, 0.3) is 5.91 Å². The number of fused-ring (bicyclic) bond motifs is 1. The van der Waals surface area contributed by atoms with Gasteiger partial charge in [0.1, 0.15) is 5.54 Å². The molecule has 0 saturated heterocycles. The molecule has 0 spiro atoms. The van der Waals surface area contributed by atoms with Crippen LogP contribution in [0.4, 0.5) is 0 Å². The summed E-state index contributed by atoms with van der Waals surface area (Å²) in [6, 6.07) is 11.5. The molecule has 0 radical (unpaired) electrons. The zero-order valence-corrected chi connectivity index (χ0v) is 12.6. The van der Waals surface area contributed by atoms with Crippen molar-refractivity contribution in [2.24, 2.45) is 0 Å². The average molecular weight is 281 g/mol. The van der Waals surface area contributed by atoms with Gasteiger partial charge in [-0.15, -0.1) is 0 Å². The van der Waals surface area contributed by atoms with E-state index in [9.17, 15) is 10.1 Å². The number of hydrogen-bond donors (Lipinski definition) is 1. The van der Waals surface area contributed by atoms with E-state index in [1.165, 1.54) is 0 Å². The first-order valence-electron chi connectivity index (χ1n) is 7.15. The number of benzene rings is 1. The third-order valence-corrected chi connectivity index (χ3v) is 3.86. The van der Waals surface area contributed by atoms with Crippen molar-refractivity contribution in [1.29, 1.82) is 5.26 Å². The first kappa shape index (κ1) is 15.0.